The van der Waals surface area contributed by atoms with E-state index in [0.29, 0.717) is 43.2 Å². The lowest BCUT2D eigenvalue weighted by atomic mass is 9.41. The standard InChI is InChI=1S/C34H35FN4O3/c1-36-26-17-24(8-9-27(26)41-2)23-4-3-5-25(16-23)39(30(40)33-18-34(35,19-33)20-33)21-31-10-13-32(14-11-31,15-12-31)29-37-28(38-42-29)22-6-7-22/h3-5,8-9,16-17,22H,6-7,10-15,18-21H2,2H3. The summed E-state index contributed by atoms with van der Waals surface area (Å²) in [5, 5.41) is 4.31. The lowest BCUT2D eigenvalue weighted by Crippen LogP contribution is -2.71. The van der Waals surface area contributed by atoms with Crippen LogP contribution in [0.1, 0.15) is 88.3 Å². The molecule has 1 heterocycles. The van der Waals surface area contributed by atoms with Gasteiger partial charge in [0.05, 0.1) is 19.1 Å². The van der Waals surface area contributed by atoms with Crippen molar-refractivity contribution in [3.05, 3.63) is 65.6 Å². The molecule has 7 aliphatic carbocycles. The number of amides is 1. The Kier molecular flexibility index (Phi) is 5.49. The summed E-state index contributed by atoms with van der Waals surface area (Å²) in [6.45, 7) is 8.20. The second kappa shape index (κ2) is 8.89. The molecule has 1 amide bonds. The van der Waals surface area contributed by atoms with E-state index in [2.05, 4.69) is 16.1 Å². The molecule has 216 valence electrons. The molecular formula is C34H35FN4O3. The molecule has 4 bridgehead atoms. The molecule has 7 nitrogen and oxygen atoms in total. The minimum atomic E-state index is -1.14. The van der Waals surface area contributed by atoms with Gasteiger partial charge in [0.1, 0.15) is 11.4 Å². The van der Waals surface area contributed by atoms with Crippen LogP contribution in [-0.2, 0) is 10.2 Å². The van der Waals surface area contributed by atoms with E-state index in [1.165, 1.54) is 0 Å². The third-order valence-electron chi connectivity index (χ3n) is 11.2. The number of carbonyl (C=O) groups excluding carboxylic acids is 1. The zero-order chi connectivity index (χ0) is 28.7. The van der Waals surface area contributed by atoms with Crippen LogP contribution < -0.4 is 9.64 Å². The molecule has 0 radical (unpaired) electrons. The van der Waals surface area contributed by atoms with Crippen molar-refractivity contribution in [3.63, 3.8) is 0 Å². The van der Waals surface area contributed by atoms with Gasteiger partial charge in [0.25, 0.3) is 0 Å². The number of nitrogens with zero attached hydrogens (tertiary/aromatic N) is 4. The van der Waals surface area contributed by atoms with E-state index in [1.807, 2.05) is 41.3 Å². The first-order chi connectivity index (χ1) is 20.3. The maximum Gasteiger partial charge on any atom is 0.233 e. The Morgan fingerprint density at radius 1 is 1.07 bits per heavy atom. The lowest BCUT2D eigenvalue weighted by molar-refractivity contribution is -0.211. The van der Waals surface area contributed by atoms with Gasteiger partial charge in [-0.2, -0.15) is 4.98 Å². The Labute approximate surface area is 245 Å². The van der Waals surface area contributed by atoms with E-state index in [9.17, 15) is 9.18 Å². The van der Waals surface area contributed by atoms with Crippen LogP contribution in [0.15, 0.2) is 47.0 Å². The predicted octanol–water partition coefficient (Wildman–Crippen LogP) is 7.69. The van der Waals surface area contributed by atoms with Crippen LogP contribution in [0, 0.1) is 17.4 Å². The molecule has 0 aliphatic heterocycles. The number of hydrogen-bond donors (Lipinski definition) is 0. The summed E-state index contributed by atoms with van der Waals surface area (Å²) >= 11 is 0. The van der Waals surface area contributed by atoms with Gasteiger partial charge in [0.2, 0.25) is 17.5 Å². The normalized spacial score (nSPS) is 32.4. The number of fused-ring (bicyclic) bond motifs is 3. The zero-order valence-corrected chi connectivity index (χ0v) is 24.0. The fourth-order valence-corrected chi connectivity index (χ4v) is 8.38. The highest BCUT2D eigenvalue weighted by atomic mass is 19.1. The average molecular weight is 567 g/mol. The van der Waals surface area contributed by atoms with Gasteiger partial charge >= 0.3 is 0 Å². The Balaban J connectivity index is 1.08. The topological polar surface area (TPSA) is 72.8 Å². The quantitative estimate of drug-likeness (QED) is 0.261. The van der Waals surface area contributed by atoms with E-state index in [1.54, 1.807) is 7.11 Å². The summed E-state index contributed by atoms with van der Waals surface area (Å²) < 4.78 is 25.8. The van der Waals surface area contributed by atoms with Crippen LogP contribution in [0.3, 0.4) is 0 Å². The lowest BCUT2D eigenvalue weighted by Gasteiger charge is -2.65. The number of rotatable bonds is 8. The van der Waals surface area contributed by atoms with Crippen LogP contribution in [-0.4, -0.2) is 35.4 Å². The third-order valence-corrected chi connectivity index (χ3v) is 11.2. The molecule has 7 aliphatic rings. The predicted molar refractivity (Wildman–Crippen MR) is 155 cm³/mol. The molecule has 7 fully saturated rings. The van der Waals surface area contributed by atoms with Crippen LogP contribution in [0.4, 0.5) is 15.8 Å². The van der Waals surface area contributed by atoms with Crippen molar-refractivity contribution in [2.45, 2.75) is 87.6 Å². The van der Waals surface area contributed by atoms with Gasteiger partial charge in [0, 0.05) is 23.6 Å². The van der Waals surface area contributed by atoms with Crippen LogP contribution >= 0.6 is 0 Å². The van der Waals surface area contributed by atoms with Crippen molar-refractivity contribution >= 4 is 17.3 Å². The van der Waals surface area contributed by atoms with Gasteiger partial charge in [-0.05, 0) is 111 Å². The highest BCUT2D eigenvalue weighted by Crippen LogP contribution is 2.70. The van der Waals surface area contributed by atoms with Gasteiger partial charge in [0.15, 0.2) is 5.82 Å². The monoisotopic (exact) mass is 566 g/mol. The van der Waals surface area contributed by atoms with E-state index in [0.717, 1.165) is 79.9 Å². The van der Waals surface area contributed by atoms with Crippen LogP contribution in [0.25, 0.3) is 16.0 Å². The van der Waals surface area contributed by atoms with Crippen molar-refractivity contribution in [2.24, 2.45) is 10.8 Å². The molecule has 8 heteroatoms. The number of anilines is 1. The largest absolute Gasteiger partial charge is 0.508 e. The van der Waals surface area contributed by atoms with E-state index in [-0.39, 0.29) is 16.7 Å². The molecule has 10 rings (SSSR count). The van der Waals surface area contributed by atoms with E-state index < -0.39 is 11.1 Å². The first-order valence-corrected chi connectivity index (χ1v) is 15.3. The molecule has 42 heavy (non-hydrogen) atoms. The number of benzene rings is 2. The molecule has 0 atom stereocenters. The maximum absolute atomic E-state index is 14.6. The van der Waals surface area contributed by atoms with Gasteiger partial charge in [-0.1, -0.05) is 23.4 Å². The van der Waals surface area contributed by atoms with Crippen molar-refractivity contribution in [1.82, 2.24) is 10.1 Å². The fourth-order valence-electron chi connectivity index (χ4n) is 8.38. The number of hydrogen-bond acceptors (Lipinski definition) is 5. The summed E-state index contributed by atoms with van der Waals surface area (Å²) in [6, 6.07) is 13.6. The summed E-state index contributed by atoms with van der Waals surface area (Å²) in [5.74, 6) is 2.78. The molecule has 0 unspecified atom stereocenters. The number of alkyl halides is 1. The molecule has 0 spiro atoms. The minimum absolute atomic E-state index is 0.0150. The molecule has 3 aromatic rings. The Hall–Kier alpha value is -3.73. The summed E-state index contributed by atoms with van der Waals surface area (Å²) in [6.07, 6.45) is 9.34. The second-order valence-corrected chi connectivity index (χ2v) is 13.9. The van der Waals surface area contributed by atoms with Gasteiger partial charge < -0.3 is 14.2 Å². The SMILES string of the molecule is [C-]#[N+]c1cc(-c2cccc(N(CC34CCC(c5nc(C6CC6)no5)(CC3)CC4)C(=O)C34CC(F)(C3)C4)c2)ccc1OC. The molecule has 7 saturated carbocycles. The summed E-state index contributed by atoms with van der Waals surface area (Å²) in [5.41, 5.74) is 1.40. The number of aromatic nitrogens is 2. The highest BCUT2D eigenvalue weighted by Gasteiger charge is 2.73. The van der Waals surface area contributed by atoms with Crippen molar-refractivity contribution < 1.29 is 18.4 Å². The first-order valence-electron chi connectivity index (χ1n) is 15.3. The maximum atomic E-state index is 14.6. The number of methoxy groups -OCH3 is 1. The summed E-state index contributed by atoms with van der Waals surface area (Å²) in [7, 11) is 1.56. The minimum Gasteiger partial charge on any atom is -0.508 e. The van der Waals surface area contributed by atoms with Crippen molar-refractivity contribution in [3.8, 4) is 16.9 Å². The number of halogens is 1. The zero-order valence-electron chi connectivity index (χ0n) is 24.0. The van der Waals surface area contributed by atoms with E-state index in [4.69, 9.17) is 20.8 Å². The molecule has 0 N–H and O–H groups in total. The van der Waals surface area contributed by atoms with Gasteiger partial charge in [-0.15, -0.1) is 0 Å². The Morgan fingerprint density at radius 3 is 2.43 bits per heavy atom. The number of carbonyl (C=O) groups is 1. The number of ether oxygens (including phenoxy) is 1. The molecule has 1 aromatic heterocycles. The Bertz CT molecular complexity index is 1590. The first kappa shape index (κ1) is 25.9. The highest BCUT2D eigenvalue weighted by molar-refractivity contribution is 6.00. The van der Waals surface area contributed by atoms with Gasteiger partial charge in [-0.3, -0.25) is 4.79 Å². The van der Waals surface area contributed by atoms with Crippen LogP contribution in [0.5, 0.6) is 5.75 Å². The Morgan fingerprint density at radius 2 is 1.79 bits per heavy atom. The second-order valence-electron chi connectivity index (χ2n) is 13.9. The smallest absolute Gasteiger partial charge is 0.233 e. The fraction of sp³-hybridized carbons (Fsp3) is 0.529. The van der Waals surface area contributed by atoms with Crippen molar-refractivity contribution in [1.29, 1.82) is 0 Å². The average Bonchev–Trinajstić information content (AvgIpc) is 3.73. The third kappa shape index (κ3) is 3.92. The molecule has 0 saturated heterocycles. The van der Waals surface area contributed by atoms with E-state index >= 15 is 0 Å². The molecular weight excluding hydrogens is 531 g/mol. The van der Waals surface area contributed by atoms with Crippen molar-refractivity contribution in [2.75, 3.05) is 18.6 Å². The summed E-state index contributed by atoms with van der Waals surface area (Å²) in [4.78, 5) is 24.7. The van der Waals surface area contributed by atoms with Crippen LogP contribution in [0.2, 0.25) is 0 Å². The molecule has 2 aromatic carbocycles. The van der Waals surface area contributed by atoms with Gasteiger partial charge in [-0.25, -0.2) is 9.24 Å².